The summed E-state index contributed by atoms with van der Waals surface area (Å²) in [6.07, 6.45) is 3.53. The molecule has 2 atom stereocenters. The third-order valence-electron chi connectivity index (χ3n) is 3.64. The van der Waals surface area contributed by atoms with Crippen molar-refractivity contribution in [1.82, 2.24) is 4.72 Å². The maximum Gasteiger partial charge on any atom is 0.136 e. The Labute approximate surface area is 118 Å². The summed E-state index contributed by atoms with van der Waals surface area (Å²) in [4.78, 5) is 0. The highest BCUT2D eigenvalue weighted by Crippen LogP contribution is 2.38. The molecule has 0 spiro atoms. The van der Waals surface area contributed by atoms with Gasteiger partial charge in [0.25, 0.3) is 0 Å². The second kappa shape index (κ2) is 5.81. The summed E-state index contributed by atoms with van der Waals surface area (Å²) in [5, 5.41) is 0. The van der Waals surface area contributed by atoms with E-state index in [1.165, 1.54) is 18.6 Å². The maximum absolute atomic E-state index is 13.0. The SMILES string of the molecule is CC(C)(C)[S@+]([O-])N[C@H](c1ccc(F)cc1)C1CCC1. The second-order valence-corrected chi connectivity index (χ2v) is 8.22. The Kier molecular flexibility index (Phi) is 4.54. The lowest BCUT2D eigenvalue weighted by molar-refractivity contribution is 0.250. The van der Waals surface area contributed by atoms with Gasteiger partial charge in [-0.25, -0.2) is 4.39 Å². The first-order valence-corrected chi connectivity index (χ1v) is 7.96. The summed E-state index contributed by atoms with van der Waals surface area (Å²) in [5.41, 5.74) is 1.03. The van der Waals surface area contributed by atoms with E-state index in [0.717, 1.165) is 18.4 Å². The van der Waals surface area contributed by atoms with E-state index >= 15 is 0 Å². The van der Waals surface area contributed by atoms with Crippen molar-refractivity contribution in [2.75, 3.05) is 0 Å². The fourth-order valence-corrected chi connectivity index (χ4v) is 3.08. The van der Waals surface area contributed by atoms with Gasteiger partial charge in [0.05, 0.1) is 6.04 Å². The second-order valence-electron chi connectivity index (χ2n) is 6.22. The van der Waals surface area contributed by atoms with E-state index in [4.69, 9.17) is 0 Å². The van der Waals surface area contributed by atoms with E-state index in [-0.39, 0.29) is 16.6 Å². The van der Waals surface area contributed by atoms with Crippen molar-refractivity contribution in [3.63, 3.8) is 0 Å². The first-order chi connectivity index (χ1) is 8.88. The highest BCUT2D eigenvalue weighted by molar-refractivity contribution is 7.90. The van der Waals surface area contributed by atoms with Crippen LogP contribution in [0.5, 0.6) is 0 Å². The highest BCUT2D eigenvalue weighted by Gasteiger charge is 2.35. The largest absolute Gasteiger partial charge is 0.598 e. The Balaban J connectivity index is 2.14. The minimum Gasteiger partial charge on any atom is -0.598 e. The molecule has 2 rings (SSSR count). The van der Waals surface area contributed by atoms with Crippen molar-refractivity contribution in [3.05, 3.63) is 35.6 Å². The van der Waals surface area contributed by atoms with Gasteiger partial charge in [-0.15, -0.1) is 4.72 Å². The fraction of sp³-hybridized carbons (Fsp3) is 0.600. The van der Waals surface area contributed by atoms with Crippen LogP contribution < -0.4 is 4.72 Å². The molecule has 1 aliphatic carbocycles. The van der Waals surface area contributed by atoms with Crippen molar-refractivity contribution in [1.29, 1.82) is 0 Å². The molecule has 0 heterocycles. The molecule has 1 aromatic rings. The van der Waals surface area contributed by atoms with Crippen LogP contribution >= 0.6 is 0 Å². The normalized spacial score (nSPS) is 19.8. The Hall–Kier alpha value is -0.580. The lowest BCUT2D eigenvalue weighted by atomic mass is 9.77. The average molecular weight is 283 g/mol. The van der Waals surface area contributed by atoms with Crippen LogP contribution in [0.2, 0.25) is 0 Å². The Bertz CT molecular complexity index is 411. The highest BCUT2D eigenvalue weighted by atomic mass is 32.2. The van der Waals surface area contributed by atoms with E-state index in [1.54, 1.807) is 12.1 Å². The summed E-state index contributed by atoms with van der Waals surface area (Å²) in [6, 6.07) is 6.61. The van der Waals surface area contributed by atoms with Crippen molar-refractivity contribution in [2.24, 2.45) is 5.92 Å². The van der Waals surface area contributed by atoms with Crippen LogP contribution in [-0.4, -0.2) is 9.30 Å². The molecule has 1 fully saturated rings. The van der Waals surface area contributed by atoms with Crippen LogP contribution in [0.3, 0.4) is 0 Å². The number of hydrogen-bond acceptors (Lipinski definition) is 2. The van der Waals surface area contributed by atoms with Gasteiger partial charge in [-0.05, 0) is 57.2 Å². The van der Waals surface area contributed by atoms with E-state index in [0.29, 0.717) is 5.92 Å². The molecule has 1 saturated carbocycles. The van der Waals surface area contributed by atoms with E-state index < -0.39 is 11.4 Å². The molecule has 19 heavy (non-hydrogen) atoms. The smallest absolute Gasteiger partial charge is 0.136 e. The zero-order chi connectivity index (χ0) is 14.0. The molecule has 0 radical (unpaired) electrons. The number of hydrogen-bond donors (Lipinski definition) is 1. The average Bonchev–Trinajstić information content (AvgIpc) is 2.25. The quantitative estimate of drug-likeness (QED) is 0.855. The van der Waals surface area contributed by atoms with Crippen molar-refractivity contribution in [2.45, 2.75) is 50.8 Å². The van der Waals surface area contributed by atoms with E-state index in [9.17, 15) is 8.94 Å². The molecular formula is C15H22FNOS. The predicted octanol–water partition coefficient (Wildman–Crippen LogP) is 3.72. The van der Waals surface area contributed by atoms with Gasteiger partial charge in [0, 0.05) is 11.4 Å². The molecule has 4 heteroatoms. The lowest BCUT2D eigenvalue weighted by Crippen LogP contribution is -2.44. The van der Waals surface area contributed by atoms with Gasteiger partial charge >= 0.3 is 0 Å². The van der Waals surface area contributed by atoms with Crippen LogP contribution in [0.4, 0.5) is 4.39 Å². The maximum atomic E-state index is 13.0. The van der Waals surface area contributed by atoms with Gasteiger partial charge in [-0.3, -0.25) is 0 Å². The van der Waals surface area contributed by atoms with Gasteiger partial charge < -0.3 is 4.55 Å². The van der Waals surface area contributed by atoms with Crippen LogP contribution in [0.1, 0.15) is 51.6 Å². The zero-order valence-electron chi connectivity index (χ0n) is 11.8. The first-order valence-electron chi connectivity index (χ1n) is 6.81. The molecular weight excluding hydrogens is 261 g/mol. The molecule has 0 saturated heterocycles. The third kappa shape index (κ3) is 3.71. The summed E-state index contributed by atoms with van der Waals surface area (Å²) in [7, 11) is 0. The molecule has 1 aliphatic rings. The van der Waals surface area contributed by atoms with E-state index in [1.807, 2.05) is 20.8 Å². The van der Waals surface area contributed by atoms with Gasteiger partial charge in [0.15, 0.2) is 0 Å². The summed E-state index contributed by atoms with van der Waals surface area (Å²) < 4.78 is 28.3. The van der Waals surface area contributed by atoms with Crippen LogP contribution in [0.25, 0.3) is 0 Å². The number of benzene rings is 1. The number of rotatable bonds is 4. The minimum atomic E-state index is -1.11. The molecule has 2 nitrogen and oxygen atoms in total. The van der Waals surface area contributed by atoms with Crippen molar-refractivity contribution >= 4 is 11.4 Å². The third-order valence-corrected chi connectivity index (χ3v) is 5.22. The van der Waals surface area contributed by atoms with Gasteiger partial charge in [-0.1, -0.05) is 18.6 Å². The lowest BCUT2D eigenvalue weighted by Gasteiger charge is -2.36. The molecule has 106 valence electrons. The van der Waals surface area contributed by atoms with Crippen LogP contribution in [0, 0.1) is 11.7 Å². The fourth-order valence-electron chi connectivity index (χ4n) is 2.17. The monoisotopic (exact) mass is 283 g/mol. The van der Waals surface area contributed by atoms with Crippen molar-refractivity contribution in [3.8, 4) is 0 Å². The van der Waals surface area contributed by atoms with Gasteiger partial charge in [-0.2, -0.15) is 0 Å². The molecule has 1 aromatic carbocycles. The van der Waals surface area contributed by atoms with Gasteiger partial charge in [0.2, 0.25) is 0 Å². The van der Waals surface area contributed by atoms with E-state index in [2.05, 4.69) is 4.72 Å². The Morgan fingerprint density at radius 1 is 1.26 bits per heavy atom. The zero-order valence-corrected chi connectivity index (χ0v) is 12.6. The Morgan fingerprint density at radius 3 is 2.26 bits per heavy atom. The summed E-state index contributed by atoms with van der Waals surface area (Å²) >= 11 is -1.11. The molecule has 0 aliphatic heterocycles. The van der Waals surface area contributed by atoms with Gasteiger partial charge in [0.1, 0.15) is 10.6 Å². The molecule has 0 amide bonds. The van der Waals surface area contributed by atoms with Crippen LogP contribution in [-0.2, 0) is 11.4 Å². The molecule has 0 unspecified atom stereocenters. The van der Waals surface area contributed by atoms with Crippen LogP contribution in [0.15, 0.2) is 24.3 Å². The Morgan fingerprint density at radius 2 is 1.84 bits per heavy atom. The molecule has 0 bridgehead atoms. The van der Waals surface area contributed by atoms with Crippen molar-refractivity contribution < 1.29 is 8.94 Å². The molecule has 1 N–H and O–H groups in total. The number of nitrogens with one attached hydrogen (secondary N) is 1. The first kappa shape index (κ1) is 14.8. The number of halogens is 1. The summed E-state index contributed by atoms with van der Waals surface area (Å²) in [5.74, 6) is 0.282. The topological polar surface area (TPSA) is 35.1 Å². The standard InChI is InChI=1S/C15H22FNOS/c1-15(2,3)19(18)17-14(11-5-4-6-11)12-7-9-13(16)10-8-12/h7-11,14,17H,4-6H2,1-3H3/t14-,19-/m0/s1. The minimum absolute atomic E-state index is 0.0643. The summed E-state index contributed by atoms with van der Waals surface area (Å²) in [6.45, 7) is 5.87. The molecule has 0 aromatic heterocycles. The predicted molar refractivity (Wildman–Crippen MR) is 77.5 cm³/mol.